The van der Waals surface area contributed by atoms with Crippen LogP contribution in [0.4, 0.5) is 19.0 Å². The van der Waals surface area contributed by atoms with E-state index >= 15 is 0 Å². The second kappa shape index (κ2) is 6.05. The predicted molar refractivity (Wildman–Crippen MR) is 86.6 cm³/mol. The number of carbonyl (C=O) groups is 1. The molecule has 0 bridgehead atoms. The van der Waals surface area contributed by atoms with E-state index in [0.717, 1.165) is 12.1 Å². The number of alkyl halides is 3. The van der Waals surface area contributed by atoms with Crippen molar-refractivity contribution in [3.05, 3.63) is 71.3 Å². The highest BCUT2D eigenvalue weighted by Gasteiger charge is 2.34. The summed E-state index contributed by atoms with van der Waals surface area (Å²) >= 11 is 0. The van der Waals surface area contributed by atoms with Crippen LogP contribution in [0, 0.1) is 0 Å². The standard InChI is InChI=1S/C18H14F3N3O2/c19-18(20,21)12-4-1-3-11(7-12)14-8-16(25)23-17-15(14)9-22-24(17)10-13-5-2-6-26-13/h1-7,9,14H,8,10H2,(H,23,25)/t14-/m0/s1. The summed E-state index contributed by atoms with van der Waals surface area (Å²) in [5.74, 6) is 0.402. The molecule has 0 aliphatic carbocycles. The van der Waals surface area contributed by atoms with Crippen LogP contribution in [0.2, 0.25) is 0 Å². The molecule has 1 aliphatic rings. The highest BCUT2D eigenvalue weighted by molar-refractivity contribution is 5.94. The molecule has 2 aromatic heterocycles. The molecule has 3 heterocycles. The molecule has 0 spiro atoms. The Balaban J connectivity index is 1.72. The minimum Gasteiger partial charge on any atom is -0.467 e. The molecule has 8 heteroatoms. The molecule has 1 amide bonds. The van der Waals surface area contributed by atoms with E-state index in [4.69, 9.17) is 4.42 Å². The van der Waals surface area contributed by atoms with Crippen LogP contribution >= 0.6 is 0 Å². The van der Waals surface area contributed by atoms with Crippen LogP contribution in [0.5, 0.6) is 0 Å². The van der Waals surface area contributed by atoms with Gasteiger partial charge in [-0.15, -0.1) is 0 Å². The van der Waals surface area contributed by atoms with Gasteiger partial charge in [-0.2, -0.15) is 18.3 Å². The Kier molecular flexibility index (Phi) is 3.82. The number of anilines is 1. The van der Waals surface area contributed by atoms with E-state index in [1.54, 1.807) is 29.1 Å². The average molecular weight is 361 g/mol. The van der Waals surface area contributed by atoms with Gasteiger partial charge in [0.15, 0.2) is 0 Å². The van der Waals surface area contributed by atoms with Crippen molar-refractivity contribution in [1.29, 1.82) is 0 Å². The van der Waals surface area contributed by atoms with Crippen molar-refractivity contribution < 1.29 is 22.4 Å². The van der Waals surface area contributed by atoms with Crippen molar-refractivity contribution in [2.24, 2.45) is 0 Å². The maximum atomic E-state index is 13.0. The number of hydrogen-bond acceptors (Lipinski definition) is 3. The lowest BCUT2D eigenvalue weighted by Crippen LogP contribution is -2.25. The minimum atomic E-state index is -4.43. The summed E-state index contributed by atoms with van der Waals surface area (Å²) in [6.07, 6.45) is -1.24. The van der Waals surface area contributed by atoms with Crippen LogP contribution in [0.15, 0.2) is 53.3 Å². The van der Waals surface area contributed by atoms with Gasteiger partial charge in [0, 0.05) is 17.9 Å². The summed E-state index contributed by atoms with van der Waals surface area (Å²) in [4.78, 5) is 12.1. The Hall–Kier alpha value is -3.03. The summed E-state index contributed by atoms with van der Waals surface area (Å²) in [5.41, 5.74) is 0.398. The van der Waals surface area contributed by atoms with E-state index in [9.17, 15) is 18.0 Å². The quantitative estimate of drug-likeness (QED) is 0.767. The van der Waals surface area contributed by atoms with Gasteiger partial charge in [-0.1, -0.05) is 18.2 Å². The third-order valence-corrected chi connectivity index (χ3v) is 4.39. The zero-order valence-corrected chi connectivity index (χ0v) is 13.5. The lowest BCUT2D eigenvalue weighted by atomic mass is 9.86. The molecular formula is C18H14F3N3O2. The van der Waals surface area contributed by atoms with Gasteiger partial charge in [0.25, 0.3) is 0 Å². The summed E-state index contributed by atoms with van der Waals surface area (Å²) < 4.78 is 45.9. The maximum absolute atomic E-state index is 13.0. The van der Waals surface area contributed by atoms with Crippen LogP contribution in [0.1, 0.15) is 34.8 Å². The Labute approximate surface area is 146 Å². The normalized spacial score (nSPS) is 17.0. The zero-order valence-electron chi connectivity index (χ0n) is 13.5. The molecule has 0 saturated heterocycles. The number of aromatic nitrogens is 2. The number of halogens is 3. The fraction of sp³-hybridized carbons (Fsp3) is 0.222. The van der Waals surface area contributed by atoms with Gasteiger partial charge in [-0.05, 0) is 23.8 Å². The molecule has 5 nitrogen and oxygen atoms in total. The van der Waals surface area contributed by atoms with Crippen molar-refractivity contribution in [2.75, 3.05) is 5.32 Å². The number of benzene rings is 1. The number of hydrogen-bond donors (Lipinski definition) is 1. The van der Waals surface area contributed by atoms with Crippen molar-refractivity contribution in [3.8, 4) is 0 Å². The summed E-state index contributed by atoms with van der Waals surface area (Å²) in [6.45, 7) is 0.317. The zero-order chi connectivity index (χ0) is 18.3. The Morgan fingerprint density at radius 3 is 2.85 bits per heavy atom. The van der Waals surface area contributed by atoms with Crippen LogP contribution in [0.3, 0.4) is 0 Å². The fourth-order valence-electron chi connectivity index (χ4n) is 3.17. The van der Waals surface area contributed by atoms with Gasteiger partial charge in [-0.3, -0.25) is 4.79 Å². The lowest BCUT2D eigenvalue weighted by Gasteiger charge is -2.24. The maximum Gasteiger partial charge on any atom is 0.416 e. The fourth-order valence-corrected chi connectivity index (χ4v) is 3.17. The Bertz CT molecular complexity index is 945. The van der Waals surface area contributed by atoms with E-state index in [2.05, 4.69) is 10.4 Å². The first kappa shape index (κ1) is 16.4. The Morgan fingerprint density at radius 1 is 1.27 bits per heavy atom. The highest BCUT2D eigenvalue weighted by atomic mass is 19.4. The van der Waals surface area contributed by atoms with Crippen LogP contribution < -0.4 is 5.32 Å². The molecule has 26 heavy (non-hydrogen) atoms. The molecule has 0 unspecified atom stereocenters. The van der Waals surface area contributed by atoms with Crippen molar-refractivity contribution >= 4 is 11.7 Å². The minimum absolute atomic E-state index is 0.0702. The third kappa shape index (κ3) is 2.98. The predicted octanol–water partition coefficient (Wildman–Crippen LogP) is 4.02. The van der Waals surface area contributed by atoms with Crippen LogP contribution in [-0.2, 0) is 17.5 Å². The molecule has 1 N–H and O–H groups in total. The van der Waals surface area contributed by atoms with E-state index in [-0.39, 0.29) is 12.3 Å². The summed E-state index contributed by atoms with van der Waals surface area (Å²) in [6, 6.07) is 8.60. The molecule has 134 valence electrons. The van der Waals surface area contributed by atoms with Gasteiger partial charge in [-0.25, -0.2) is 4.68 Å². The highest BCUT2D eigenvalue weighted by Crippen LogP contribution is 2.39. The molecule has 1 aromatic carbocycles. The molecule has 3 aromatic rings. The second-order valence-electron chi connectivity index (χ2n) is 6.11. The molecular weight excluding hydrogens is 347 g/mol. The number of fused-ring (bicyclic) bond motifs is 1. The van der Waals surface area contributed by atoms with E-state index in [1.165, 1.54) is 12.3 Å². The topological polar surface area (TPSA) is 60.1 Å². The van der Waals surface area contributed by atoms with Crippen molar-refractivity contribution in [3.63, 3.8) is 0 Å². The number of nitrogens with zero attached hydrogens (tertiary/aromatic N) is 2. The SMILES string of the molecule is O=C1C[C@@H](c2cccc(C(F)(F)F)c2)c2cnn(Cc3ccco3)c2N1. The number of carbonyl (C=O) groups excluding carboxylic acids is 1. The van der Waals surface area contributed by atoms with Gasteiger partial charge in [0.2, 0.25) is 5.91 Å². The van der Waals surface area contributed by atoms with Crippen LogP contribution in [0.25, 0.3) is 0 Å². The number of furan rings is 1. The third-order valence-electron chi connectivity index (χ3n) is 4.39. The monoisotopic (exact) mass is 361 g/mol. The molecule has 1 atom stereocenters. The smallest absolute Gasteiger partial charge is 0.416 e. The number of nitrogens with one attached hydrogen (secondary N) is 1. The van der Waals surface area contributed by atoms with E-state index in [0.29, 0.717) is 29.2 Å². The van der Waals surface area contributed by atoms with Gasteiger partial charge < -0.3 is 9.73 Å². The van der Waals surface area contributed by atoms with Gasteiger partial charge >= 0.3 is 6.18 Å². The van der Waals surface area contributed by atoms with E-state index < -0.39 is 17.7 Å². The van der Waals surface area contributed by atoms with E-state index in [1.807, 2.05) is 0 Å². The average Bonchev–Trinajstić information content (AvgIpc) is 3.24. The number of rotatable bonds is 3. The molecule has 0 fully saturated rings. The first-order valence-electron chi connectivity index (χ1n) is 7.97. The van der Waals surface area contributed by atoms with Crippen molar-refractivity contribution in [2.45, 2.75) is 25.1 Å². The molecule has 4 rings (SSSR count). The first-order chi connectivity index (χ1) is 12.4. The van der Waals surface area contributed by atoms with Gasteiger partial charge in [0.1, 0.15) is 18.1 Å². The first-order valence-corrected chi connectivity index (χ1v) is 7.97. The van der Waals surface area contributed by atoms with Gasteiger partial charge in [0.05, 0.1) is 18.0 Å². The summed E-state index contributed by atoms with van der Waals surface area (Å²) in [7, 11) is 0. The molecule has 0 radical (unpaired) electrons. The van der Waals surface area contributed by atoms with Crippen molar-refractivity contribution in [1.82, 2.24) is 9.78 Å². The lowest BCUT2D eigenvalue weighted by molar-refractivity contribution is -0.137. The molecule has 1 aliphatic heterocycles. The number of amides is 1. The van der Waals surface area contributed by atoms with Crippen LogP contribution in [-0.4, -0.2) is 15.7 Å². The Morgan fingerprint density at radius 2 is 2.12 bits per heavy atom. The summed E-state index contributed by atoms with van der Waals surface area (Å²) in [5, 5.41) is 7.04. The molecule has 0 saturated carbocycles. The largest absolute Gasteiger partial charge is 0.467 e. The second-order valence-corrected chi connectivity index (χ2v) is 6.11.